The lowest BCUT2D eigenvalue weighted by atomic mass is 9.97. The van der Waals surface area contributed by atoms with E-state index >= 15 is 0 Å². The number of ether oxygens (including phenoxy) is 5. The lowest BCUT2D eigenvalue weighted by Crippen LogP contribution is -2.65. The van der Waals surface area contributed by atoms with Gasteiger partial charge in [-0.3, -0.25) is 4.79 Å². The van der Waals surface area contributed by atoms with Crippen LogP contribution in [-0.2, 0) is 14.2 Å². The molecule has 0 spiro atoms. The number of phenols is 3. The van der Waals surface area contributed by atoms with Gasteiger partial charge in [0.1, 0.15) is 65.2 Å². The van der Waals surface area contributed by atoms with E-state index in [0.29, 0.717) is 0 Å². The highest BCUT2D eigenvalue weighted by molar-refractivity contribution is 5.88. The third-order valence-electron chi connectivity index (χ3n) is 7.56. The molecule has 0 radical (unpaired) electrons. The number of hydrogen-bond donors (Lipinski definition) is 10. The molecular weight excluding hydrogens is 608 g/mol. The summed E-state index contributed by atoms with van der Waals surface area (Å²) in [5.74, 6) is -2.54. The highest BCUT2D eigenvalue weighted by Gasteiger charge is 2.51. The summed E-state index contributed by atoms with van der Waals surface area (Å²) in [4.78, 5) is 13.8. The normalized spacial score (nSPS) is 32.0. The Morgan fingerprint density at radius 3 is 2.04 bits per heavy atom. The SMILES string of the molecule is COc1ccc(-c2oc3cc(O)cc(O)c3c(=O)c2OC2OC(CO)C(O)C(O)C2OC2OC(CO)C(O)C(O)C2O)cc1O. The van der Waals surface area contributed by atoms with Crippen molar-refractivity contribution in [2.75, 3.05) is 20.3 Å². The Morgan fingerprint density at radius 1 is 0.778 bits per heavy atom. The van der Waals surface area contributed by atoms with Crippen molar-refractivity contribution in [3.63, 3.8) is 0 Å². The monoisotopic (exact) mass is 640 g/mol. The topological polar surface area (TPSA) is 279 Å². The molecule has 2 aliphatic rings. The first-order valence-electron chi connectivity index (χ1n) is 13.5. The van der Waals surface area contributed by atoms with Crippen LogP contribution in [0.15, 0.2) is 39.5 Å². The van der Waals surface area contributed by atoms with E-state index in [0.717, 1.165) is 18.2 Å². The summed E-state index contributed by atoms with van der Waals surface area (Å²) in [7, 11) is 1.30. The molecule has 0 amide bonds. The van der Waals surface area contributed by atoms with Gasteiger partial charge < -0.3 is 79.2 Å². The summed E-state index contributed by atoms with van der Waals surface area (Å²) in [6.07, 6.45) is -17.9. The lowest BCUT2D eigenvalue weighted by molar-refractivity contribution is -0.358. The number of rotatable bonds is 8. The minimum atomic E-state index is -1.96. The van der Waals surface area contributed by atoms with E-state index in [9.17, 15) is 55.9 Å². The molecule has 1 aromatic heterocycles. The van der Waals surface area contributed by atoms with Gasteiger partial charge in [0.2, 0.25) is 17.5 Å². The van der Waals surface area contributed by atoms with Gasteiger partial charge in [0.05, 0.1) is 20.3 Å². The molecule has 0 aliphatic carbocycles. The summed E-state index contributed by atoms with van der Waals surface area (Å²) in [6, 6.07) is 5.76. The first-order chi connectivity index (χ1) is 21.4. The van der Waals surface area contributed by atoms with Gasteiger partial charge in [-0.1, -0.05) is 0 Å². The van der Waals surface area contributed by atoms with Crippen molar-refractivity contribution in [1.82, 2.24) is 0 Å². The molecule has 2 saturated heterocycles. The van der Waals surface area contributed by atoms with Crippen LogP contribution in [0.4, 0.5) is 0 Å². The van der Waals surface area contributed by atoms with E-state index in [1.54, 1.807) is 0 Å². The number of hydrogen-bond acceptors (Lipinski definition) is 17. The van der Waals surface area contributed by atoms with Crippen molar-refractivity contribution < 1.29 is 79.2 Å². The molecule has 2 aromatic carbocycles. The second kappa shape index (κ2) is 12.9. The molecule has 3 heterocycles. The third kappa shape index (κ3) is 5.98. The second-order valence-electron chi connectivity index (χ2n) is 10.4. The molecule has 45 heavy (non-hydrogen) atoms. The zero-order valence-corrected chi connectivity index (χ0v) is 23.4. The number of fused-ring (bicyclic) bond motifs is 1. The minimum absolute atomic E-state index is 0.0200. The molecule has 10 unspecified atom stereocenters. The van der Waals surface area contributed by atoms with Gasteiger partial charge in [0, 0.05) is 17.7 Å². The number of aliphatic hydroxyl groups excluding tert-OH is 7. The minimum Gasteiger partial charge on any atom is -0.508 e. The zero-order valence-electron chi connectivity index (χ0n) is 23.4. The van der Waals surface area contributed by atoms with Gasteiger partial charge in [-0.05, 0) is 18.2 Å². The van der Waals surface area contributed by atoms with Gasteiger partial charge >= 0.3 is 0 Å². The fourth-order valence-electron chi connectivity index (χ4n) is 5.14. The van der Waals surface area contributed by atoms with E-state index < -0.39 is 103 Å². The van der Waals surface area contributed by atoms with E-state index in [2.05, 4.69) is 0 Å². The molecule has 246 valence electrons. The second-order valence-corrected chi connectivity index (χ2v) is 10.4. The van der Waals surface area contributed by atoms with E-state index in [4.69, 9.17) is 28.1 Å². The summed E-state index contributed by atoms with van der Waals surface area (Å²) in [5, 5.41) is 102. The molecule has 0 saturated carbocycles. The summed E-state index contributed by atoms with van der Waals surface area (Å²) >= 11 is 0. The molecule has 10 N–H and O–H groups in total. The van der Waals surface area contributed by atoms with Crippen LogP contribution in [0.5, 0.6) is 28.7 Å². The quantitative estimate of drug-likeness (QED) is 0.123. The van der Waals surface area contributed by atoms with Gasteiger partial charge in [0.25, 0.3) is 0 Å². The molecule has 2 aliphatic heterocycles. The highest BCUT2D eigenvalue weighted by Crippen LogP contribution is 2.40. The van der Waals surface area contributed by atoms with Crippen LogP contribution in [-0.4, -0.2) is 133 Å². The highest BCUT2D eigenvalue weighted by atomic mass is 16.8. The Kier molecular flexibility index (Phi) is 9.38. The Hall–Kier alpha value is -3.75. The average molecular weight is 641 g/mol. The van der Waals surface area contributed by atoms with Gasteiger partial charge in [-0.2, -0.15) is 0 Å². The fraction of sp³-hybridized carbons (Fsp3) is 0.464. The van der Waals surface area contributed by atoms with E-state index in [1.165, 1.54) is 19.2 Å². The van der Waals surface area contributed by atoms with Crippen molar-refractivity contribution >= 4 is 11.0 Å². The van der Waals surface area contributed by atoms with Gasteiger partial charge in [-0.25, -0.2) is 0 Å². The Morgan fingerprint density at radius 2 is 1.42 bits per heavy atom. The predicted octanol–water partition coefficient (Wildman–Crippen LogP) is -2.41. The van der Waals surface area contributed by atoms with Crippen molar-refractivity contribution in [3.8, 4) is 40.1 Å². The molecule has 17 nitrogen and oxygen atoms in total. The van der Waals surface area contributed by atoms with Crippen LogP contribution in [0.3, 0.4) is 0 Å². The zero-order chi connectivity index (χ0) is 32.7. The molecule has 5 rings (SSSR count). The largest absolute Gasteiger partial charge is 0.508 e. The Balaban J connectivity index is 1.62. The summed E-state index contributed by atoms with van der Waals surface area (Å²) in [5.41, 5.74) is -1.31. The van der Waals surface area contributed by atoms with Crippen molar-refractivity contribution in [1.29, 1.82) is 0 Å². The van der Waals surface area contributed by atoms with Crippen molar-refractivity contribution in [2.45, 2.75) is 61.4 Å². The average Bonchev–Trinajstić information content (AvgIpc) is 3.01. The number of benzene rings is 2. The predicted molar refractivity (Wildman–Crippen MR) is 146 cm³/mol. The van der Waals surface area contributed by atoms with Gasteiger partial charge in [0.15, 0.2) is 29.7 Å². The summed E-state index contributed by atoms with van der Waals surface area (Å²) in [6.45, 7) is -1.66. The maximum absolute atomic E-state index is 13.8. The molecule has 17 heteroatoms. The third-order valence-corrected chi connectivity index (χ3v) is 7.56. The van der Waals surface area contributed by atoms with Crippen LogP contribution in [0.1, 0.15) is 0 Å². The van der Waals surface area contributed by atoms with Crippen LogP contribution in [0.25, 0.3) is 22.3 Å². The smallest absolute Gasteiger partial charge is 0.239 e. The molecule has 0 bridgehead atoms. The maximum Gasteiger partial charge on any atom is 0.239 e. The Bertz CT molecular complexity index is 1570. The molecule has 3 aromatic rings. The van der Waals surface area contributed by atoms with E-state index in [1.807, 2.05) is 0 Å². The van der Waals surface area contributed by atoms with Crippen LogP contribution < -0.4 is 14.9 Å². The summed E-state index contributed by atoms with van der Waals surface area (Å²) < 4.78 is 33.4. The van der Waals surface area contributed by atoms with Crippen molar-refractivity contribution in [2.24, 2.45) is 0 Å². The first-order valence-corrected chi connectivity index (χ1v) is 13.5. The number of methoxy groups -OCH3 is 1. The number of aromatic hydroxyl groups is 3. The maximum atomic E-state index is 13.8. The Labute approximate surface area is 252 Å². The van der Waals surface area contributed by atoms with Gasteiger partial charge in [-0.15, -0.1) is 0 Å². The molecule has 2 fully saturated rings. The van der Waals surface area contributed by atoms with E-state index in [-0.39, 0.29) is 28.4 Å². The van der Waals surface area contributed by atoms with Crippen LogP contribution >= 0.6 is 0 Å². The number of phenolic OH excluding ortho intramolecular Hbond substituents is 3. The fourth-order valence-corrected chi connectivity index (χ4v) is 5.14. The lowest BCUT2D eigenvalue weighted by Gasteiger charge is -2.45. The standard InChI is InChI=1S/C28H32O17/c1-40-13-3-2-9(4-11(13)32)24-25(20(36)17-12(33)5-10(31)6-14(17)41-24)44-28-26(22(38)19(35)16(8-30)43-28)45-27-23(39)21(37)18(34)15(7-29)42-27/h2-6,15-16,18-19,21-23,26-35,37-39H,7-8H2,1H3. The molecular formula is C28H32O17. The van der Waals surface area contributed by atoms with Crippen molar-refractivity contribution in [3.05, 3.63) is 40.6 Å². The van der Waals surface area contributed by atoms with Crippen LogP contribution in [0.2, 0.25) is 0 Å². The molecule has 10 atom stereocenters. The first kappa shape index (κ1) is 32.6. The van der Waals surface area contributed by atoms with Crippen LogP contribution in [0, 0.1) is 0 Å². The number of aliphatic hydroxyl groups is 7.